The molecule has 0 aromatic heterocycles. The van der Waals surface area contributed by atoms with Gasteiger partial charge in [-0.15, -0.1) is 0 Å². The van der Waals surface area contributed by atoms with E-state index < -0.39 is 11.8 Å². The predicted molar refractivity (Wildman–Crippen MR) is 73.6 cm³/mol. The first-order valence-electron chi connectivity index (χ1n) is 6.75. The standard InChI is InChI=1S/C15H20FNO3/c1-3-9-17(11-15(19)20-4-2)14(18)10-12-7-5-6-8-13(12)16/h5-8H,3-4,9-11H2,1-2H3. The van der Waals surface area contributed by atoms with Crippen molar-refractivity contribution in [3.05, 3.63) is 35.6 Å². The molecule has 0 spiro atoms. The van der Waals surface area contributed by atoms with Gasteiger partial charge in [0.25, 0.3) is 0 Å². The minimum Gasteiger partial charge on any atom is -0.465 e. The van der Waals surface area contributed by atoms with Crippen LogP contribution in [-0.2, 0) is 20.7 Å². The third-order valence-electron chi connectivity index (χ3n) is 2.77. The lowest BCUT2D eigenvalue weighted by atomic mass is 10.1. The van der Waals surface area contributed by atoms with E-state index in [1.807, 2.05) is 6.92 Å². The monoisotopic (exact) mass is 281 g/mol. The highest BCUT2D eigenvalue weighted by atomic mass is 19.1. The van der Waals surface area contributed by atoms with E-state index in [-0.39, 0.29) is 25.5 Å². The number of rotatable bonds is 7. The first kappa shape index (κ1) is 16.1. The summed E-state index contributed by atoms with van der Waals surface area (Å²) < 4.78 is 18.4. The van der Waals surface area contributed by atoms with Gasteiger partial charge in [-0.3, -0.25) is 9.59 Å². The summed E-state index contributed by atoms with van der Waals surface area (Å²) in [7, 11) is 0. The second-order valence-electron chi connectivity index (χ2n) is 4.39. The molecule has 0 heterocycles. The molecule has 1 rings (SSSR count). The molecule has 20 heavy (non-hydrogen) atoms. The molecule has 0 aliphatic carbocycles. The Morgan fingerprint density at radius 2 is 1.95 bits per heavy atom. The molecule has 0 aliphatic heterocycles. The van der Waals surface area contributed by atoms with Crippen LogP contribution in [0.3, 0.4) is 0 Å². The number of esters is 1. The van der Waals surface area contributed by atoms with E-state index in [4.69, 9.17) is 4.74 Å². The zero-order valence-corrected chi connectivity index (χ0v) is 11.9. The van der Waals surface area contributed by atoms with E-state index in [1.54, 1.807) is 25.1 Å². The van der Waals surface area contributed by atoms with Crippen molar-refractivity contribution >= 4 is 11.9 Å². The third-order valence-corrected chi connectivity index (χ3v) is 2.77. The molecule has 0 atom stereocenters. The molecular formula is C15H20FNO3. The molecule has 4 nitrogen and oxygen atoms in total. The molecule has 0 radical (unpaired) electrons. The summed E-state index contributed by atoms with van der Waals surface area (Å²) in [6.45, 7) is 4.26. The SMILES string of the molecule is CCCN(CC(=O)OCC)C(=O)Cc1ccccc1F. The van der Waals surface area contributed by atoms with Crippen molar-refractivity contribution in [2.24, 2.45) is 0 Å². The van der Waals surface area contributed by atoms with Crippen molar-refractivity contribution in [2.75, 3.05) is 19.7 Å². The van der Waals surface area contributed by atoms with E-state index in [9.17, 15) is 14.0 Å². The van der Waals surface area contributed by atoms with Crippen LogP contribution in [0.1, 0.15) is 25.8 Å². The summed E-state index contributed by atoms with van der Waals surface area (Å²) in [4.78, 5) is 25.0. The quantitative estimate of drug-likeness (QED) is 0.720. The highest BCUT2D eigenvalue weighted by Crippen LogP contribution is 2.09. The number of carbonyl (C=O) groups is 2. The van der Waals surface area contributed by atoms with Gasteiger partial charge in [0.2, 0.25) is 5.91 Å². The average molecular weight is 281 g/mol. The summed E-state index contributed by atoms with van der Waals surface area (Å²) in [5.74, 6) is -1.12. The van der Waals surface area contributed by atoms with E-state index >= 15 is 0 Å². The van der Waals surface area contributed by atoms with E-state index in [0.717, 1.165) is 6.42 Å². The van der Waals surface area contributed by atoms with Crippen LogP contribution in [0.2, 0.25) is 0 Å². The molecule has 5 heteroatoms. The van der Waals surface area contributed by atoms with Crippen molar-refractivity contribution in [1.82, 2.24) is 4.90 Å². The normalized spacial score (nSPS) is 10.2. The van der Waals surface area contributed by atoms with Crippen LogP contribution in [0.5, 0.6) is 0 Å². The van der Waals surface area contributed by atoms with Crippen molar-refractivity contribution in [3.8, 4) is 0 Å². The molecular weight excluding hydrogens is 261 g/mol. The van der Waals surface area contributed by atoms with Gasteiger partial charge in [-0.2, -0.15) is 0 Å². The summed E-state index contributed by atoms with van der Waals surface area (Å²) in [6, 6.07) is 6.15. The molecule has 1 amide bonds. The highest BCUT2D eigenvalue weighted by Gasteiger charge is 2.18. The largest absolute Gasteiger partial charge is 0.465 e. The molecule has 0 saturated heterocycles. The van der Waals surface area contributed by atoms with Gasteiger partial charge in [0, 0.05) is 6.54 Å². The van der Waals surface area contributed by atoms with Crippen LogP contribution in [-0.4, -0.2) is 36.5 Å². The molecule has 0 unspecified atom stereocenters. The van der Waals surface area contributed by atoms with Gasteiger partial charge in [-0.25, -0.2) is 4.39 Å². The lowest BCUT2D eigenvalue weighted by Crippen LogP contribution is -2.38. The minimum absolute atomic E-state index is 0.0495. The van der Waals surface area contributed by atoms with Gasteiger partial charge in [0.05, 0.1) is 13.0 Å². The molecule has 1 aromatic rings. The molecule has 0 aliphatic rings. The fourth-order valence-corrected chi connectivity index (χ4v) is 1.84. The second kappa shape index (κ2) is 8.30. The van der Waals surface area contributed by atoms with Gasteiger partial charge in [-0.1, -0.05) is 25.1 Å². The minimum atomic E-state index is -0.442. The zero-order chi connectivity index (χ0) is 15.0. The number of ether oxygens (including phenoxy) is 1. The fraction of sp³-hybridized carbons (Fsp3) is 0.467. The van der Waals surface area contributed by atoms with Crippen molar-refractivity contribution in [2.45, 2.75) is 26.7 Å². The summed E-state index contributed by atoms with van der Waals surface area (Å²) >= 11 is 0. The van der Waals surface area contributed by atoms with Gasteiger partial charge in [0.15, 0.2) is 0 Å². The fourth-order valence-electron chi connectivity index (χ4n) is 1.84. The summed E-state index contributed by atoms with van der Waals surface area (Å²) in [5, 5.41) is 0. The van der Waals surface area contributed by atoms with E-state index in [2.05, 4.69) is 0 Å². The first-order chi connectivity index (χ1) is 9.58. The number of hydrogen-bond donors (Lipinski definition) is 0. The molecule has 1 aromatic carbocycles. The van der Waals surface area contributed by atoms with Crippen LogP contribution < -0.4 is 0 Å². The Kier molecular flexibility index (Phi) is 6.70. The Labute approximate surface area is 118 Å². The summed E-state index contributed by atoms with van der Waals surface area (Å²) in [6.07, 6.45) is 0.675. The number of hydrogen-bond acceptors (Lipinski definition) is 3. The van der Waals surface area contributed by atoms with Gasteiger partial charge < -0.3 is 9.64 Å². The highest BCUT2D eigenvalue weighted by molar-refractivity contribution is 5.83. The molecule has 110 valence electrons. The molecule has 0 bridgehead atoms. The maximum atomic E-state index is 13.5. The third kappa shape index (κ3) is 4.99. The zero-order valence-electron chi connectivity index (χ0n) is 11.9. The Morgan fingerprint density at radius 3 is 2.55 bits per heavy atom. The smallest absolute Gasteiger partial charge is 0.325 e. The maximum Gasteiger partial charge on any atom is 0.325 e. The van der Waals surface area contributed by atoms with E-state index in [1.165, 1.54) is 11.0 Å². The predicted octanol–water partition coefficient (Wildman–Crippen LogP) is 2.17. The van der Waals surface area contributed by atoms with Crippen LogP contribution in [0.15, 0.2) is 24.3 Å². The first-order valence-corrected chi connectivity index (χ1v) is 6.75. The number of nitrogens with zero attached hydrogens (tertiary/aromatic N) is 1. The average Bonchev–Trinajstić information content (AvgIpc) is 2.41. The van der Waals surface area contributed by atoms with E-state index in [0.29, 0.717) is 12.1 Å². The molecule has 0 N–H and O–H groups in total. The number of halogens is 1. The maximum absolute atomic E-state index is 13.5. The Bertz CT molecular complexity index is 462. The Morgan fingerprint density at radius 1 is 1.25 bits per heavy atom. The van der Waals surface area contributed by atoms with Crippen LogP contribution in [0, 0.1) is 5.82 Å². The van der Waals surface area contributed by atoms with Crippen molar-refractivity contribution in [1.29, 1.82) is 0 Å². The Balaban J connectivity index is 2.69. The lowest BCUT2D eigenvalue weighted by molar-refractivity contribution is -0.148. The van der Waals surface area contributed by atoms with Gasteiger partial charge >= 0.3 is 5.97 Å². The van der Waals surface area contributed by atoms with Crippen LogP contribution >= 0.6 is 0 Å². The van der Waals surface area contributed by atoms with Gasteiger partial charge in [-0.05, 0) is 25.0 Å². The van der Waals surface area contributed by atoms with Crippen LogP contribution in [0.25, 0.3) is 0 Å². The number of benzene rings is 1. The van der Waals surface area contributed by atoms with Gasteiger partial charge in [0.1, 0.15) is 12.4 Å². The lowest BCUT2D eigenvalue weighted by Gasteiger charge is -2.21. The second-order valence-corrected chi connectivity index (χ2v) is 4.39. The van der Waals surface area contributed by atoms with Crippen molar-refractivity contribution < 1.29 is 18.7 Å². The van der Waals surface area contributed by atoms with Crippen LogP contribution in [0.4, 0.5) is 4.39 Å². The molecule has 0 saturated carbocycles. The van der Waals surface area contributed by atoms with Crippen molar-refractivity contribution in [3.63, 3.8) is 0 Å². The topological polar surface area (TPSA) is 46.6 Å². The number of carbonyl (C=O) groups excluding carboxylic acids is 2. The Hall–Kier alpha value is -1.91. The summed E-state index contributed by atoms with van der Waals surface area (Å²) in [5.41, 5.74) is 0.336. The molecule has 0 fully saturated rings. The number of amides is 1.